The third-order valence-electron chi connectivity index (χ3n) is 6.36. The first-order valence-electron chi connectivity index (χ1n) is 11.3. The molecule has 1 saturated carbocycles. The number of methoxy groups -OCH3 is 1. The van der Waals surface area contributed by atoms with Crippen molar-refractivity contribution in [2.75, 3.05) is 12.4 Å². The molecule has 0 bridgehead atoms. The van der Waals surface area contributed by atoms with E-state index in [1.807, 2.05) is 36.4 Å². The maximum absolute atomic E-state index is 13.1. The molecule has 1 fully saturated rings. The molecule has 0 saturated heterocycles. The van der Waals surface area contributed by atoms with Gasteiger partial charge in [-0.1, -0.05) is 43.5 Å². The normalized spacial score (nSPS) is 15.4. The van der Waals surface area contributed by atoms with Crippen molar-refractivity contribution in [2.45, 2.75) is 57.1 Å². The highest BCUT2D eigenvalue weighted by Gasteiger charge is 2.30. The van der Waals surface area contributed by atoms with Gasteiger partial charge in [0, 0.05) is 29.1 Å². The van der Waals surface area contributed by atoms with Gasteiger partial charge in [-0.15, -0.1) is 0 Å². The number of aromatic nitrogens is 1. The molecule has 1 amide bonds. The number of hydrogen-bond acceptors (Lipinski definition) is 4. The zero-order valence-electron chi connectivity index (χ0n) is 18.5. The first kappa shape index (κ1) is 22.1. The van der Waals surface area contributed by atoms with E-state index < -0.39 is 5.60 Å². The molecule has 1 aromatic heterocycles. The van der Waals surface area contributed by atoms with Crippen LogP contribution in [0, 0.1) is 0 Å². The monoisotopic (exact) mass is 434 g/mol. The summed E-state index contributed by atoms with van der Waals surface area (Å²) in [7, 11) is 1.62. The van der Waals surface area contributed by atoms with Crippen LogP contribution >= 0.6 is 0 Å². The number of nitrogens with one attached hydrogen (secondary N) is 1. The number of pyridine rings is 1. The van der Waals surface area contributed by atoms with Gasteiger partial charge in [0.2, 0.25) is 5.91 Å². The van der Waals surface area contributed by atoms with Crippen LogP contribution in [0.1, 0.15) is 44.1 Å². The van der Waals surface area contributed by atoms with Crippen molar-refractivity contribution in [3.8, 4) is 5.75 Å². The van der Waals surface area contributed by atoms with E-state index in [1.165, 1.54) is 0 Å². The largest absolute Gasteiger partial charge is 0.496 e. The number of anilines is 1. The van der Waals surface area contributed by atoms with E-state index in [-0.39, 0.29) is 11.5 Å². The van der Waals surface area contributed by atoms with E-state index in [9.17, 15) is 14.7 Å². The second-order valence-electron chi connectivity index (χ2n) is 8.66. The summed E-state index contributed by atoms with van der Waals surface area (Å²) in [6, 6.07) is 14.9. The minimum absolute atomic E-state index is 0.121. The van der Waals surface area contributed by atoms with Gasteiger partial charge in [-0.25, -0.2) is 0 Å². The minimum Gasteiger partial charge on any atom is -0.496 e. The Morgan fingerprint density at radius 1 is 1.06 bits per heavy atom. The number of hydrogen-bond donors (Lipinski definition) is 2. The Morgan fingerprint density at radius 3 is 2.62 bits per heavy atom. The molecule has 2 N–H and O–H groups in total. The molecule has 1 aliphatic rings. The third kappa shape index (κ3) is 4.86. The Bertz CT molecular complexity index is 1160. The molecule has 1 heterocycles. The Labute approximate surface area is 187 Å². The molecule has 0 radical (unpaired) electrons. The van der Waals surface area contributed by atoms with Gasteiger partial charge >= 0.3 is 0 Å². The quantitative estimate of drug-likeness (QED) is 0.582. The number of aryl methyl sites for hydroxylation is 1. The zero-order chi connectivity index (χ0) is 22.6. The van der Waals surface area contributed by atoms with Crippen LogP contribution in [0.15, 0.2) is 59.5 Å². The van der Waals surface area contributed by atoms with Gasteiger partial charge in [-0.3, -0.25) is 9.59 Å². The Morgan fingerprint density at radius 2 is 1.84 bits per heavy atom. The molecule has 3 aromatic rings. The summed E-state index contributed by atoms with van der Waals surface area (Å²) in [6.45, 7) is 0.303. The SMILES string of the molecule is COc1ccccc1CCC(=O)Nc1cccc2c(=O)n(CC3(O)CCCCC3)ccc12. The molecule has 6 nitrogen and oxygen atoms in total. The molecule has 2 aromatic carbocycles. The Kier molecular flexibility index (Phi) is 6.61. The number of ether oxygens (including phenoxy) is 1. The highest BCUT2D eigenvalue weighted by molar-refractivity contribution is 6.01. The minimum atomic E-state index is -0.819. The molecule has 168 valence electrons. The Balaban J connectivity index is 1.50. The zero-order valence-corrected chi connectivity index (χ0v) is 18.5. The van der Waals surface area contributed by atoms with Gasteiger partial charge < -0.3 is 19.7 Å². The average Bonchev–Trinajstić information content (AvgIpc) is 2.80. The number of para-hydroxylation sites is 1. The van der Waals surface area contributed by atoms with Crippen LogP contribution < -0.4 is 15.6 Å². The number of benzene rings is 2. The van der Waals surface area contributed by atoms with Gasteiger partial charge in [-0.05, 0) is 49.1 Å². The number of aliphatic hydroxyl groups is 1. The fourth-order valence-corrected chi connectivity index (χ4v) is 4.61. The number of fused-ring (bicyclic) bond motifs is 1. The van der Waals surface area contributed by atoms with Crippen molar-refractivity contribution >= 4 is 22.4 Å². The van der Waals surface area contributed by atoms with Gasteiger partial charge in [0.05, 0.1) is 19.3 Å². The third-order valence-corrected chi connectivity index (χ3v) is 6.36. The van der Waals surface area contributed by atoms with Crippen LogP contribution in [0.4, 0.5) is 5.69 Å². The second kappa shape index (κ2) is 9.57. The summed E-state index contributed by atoms with van der Waals surface area (Å²) < 4.78 is 6.95. The lowest BCUT2D eigenvalue weighted by Gasteiger charge is -2.32. The topological polar surface area (TPSA) is 80.6 Å². The lowest BCUT2D eigenvalue weighted by Crippen LogP contribution is -2.39. The fraction of sp³-hybridized carbons (Fsp3) is 0.385. The van der Waals surface area contributed by atoms with Crippen molar-refractivity contribution < 1.29 is 14.6 Å². The summed E-state index contributed by atoms with van der Waals surface area (Å²) in [4.78, 5) is 25.7. The first-order chi connectivity index (χ1) is 15.5. The standard InChI is InChI=1S/C26H30N2O4/c1-32-23-11-4-3-8-19(23)12-13-24(29)27-22-10-7-9-21-20(22)14-17-28(25(21)30)18-26(31)15-5-2-6-16-26/h3-4,7-11,14,17,31H,2,5-6,12-13,15-16,18H2,1H3,(H,27,29). The molecule has 0 spiro atoms. The van der Waals surface area contributed by atoms with Crippen LogP contribution in [0.25, 0.3) is 10.8 Å². The van der Waals surface area contributed by atoms with Gasteiger partial charge in [0.1, 0.15) is 5.75 Å². The van der Waals surface area contributed by atoms with Crippen LogP contribution in [-0.2, 0) is 17.8 Å². The smallest absolute Gasteiger partial charge is 0.258 e. The summed E-state index contributed by atoms with van der Waals surface area (Å²) in [5, 5.41) is 15.1. The van der Waals surface area contributed by atoms with Crippen molar-refractivity contribution in [1.82, 2.24) is 4.57 Å². The highest BCUT2D eigenvalue weighted by atomic mass is 16.5. The molecule has 6 heteroatoms. The molecular weight excluding hydrogens is 404 g/mol. The second-order valence-corrected chi connectivity index (χ2v) is 8.66. The molecular formula is C26H30N2O4. The van der Waals surface area contributed by atoms with E-state index >= 15 is 0 Å². The summed E-state index contributed by atoms with van der Waals surface area (Å²) in [5.74, 6) is 0.648. The number of nitrogens with zero attached hydrogens (tertiary/aromatic N) is 1. The number of rotatable bonds is 7. The highest BCUT2D eigenvalue weighted by Crippen LogP contribution is 2.29. The fourth-order valence-electron chi connectivity index (χ4n) is 4.61. The van der Waals surface area contributed by atoms with Crippen LogP contribution in [0.2, 0.25) is 0 Å². The van der Waals surface area contributed by atoms with Gasteiger partial charge in [0.15, 0.2) is 0 Å². The summed E-state index contributed by atoms with van der Waals surface area (Å²) >= 11 is 0. The maximum atomic E-state index is 13.1. The van der Waals surface area contributed by atoms with Crippen molar-refractivity contribution in [1.29, 1.82) is 0 Å². The molecule has 0 aliphatic heterocycles. The van der Waals surface area contributed by atoms with E-state index in [1.54, 1.807) is 30.0 Å². The summed E-state index contributed by atoms with van der Waals surface area (Å²) in [6.07, 6.45) is 7.15. The molecule has 1 aliphatic carbocycles. The molecule has 32 heavy (non-hydrogen) atoms. The van der Waals surface area contributed by atoms with E-state index in [2.05, 4.69) is 5.32 Å². The van der Waals surface area contributed by atoms with E-state index in [4.69, 9.17) is 4.74 Å². The van der Waals surface area contributed by atoms with E-state index in [0.717, 1.165) is 43.4 Å². The predicted molar refractivity (Wildman–Crippen MR) is 126 cm³/mol. The van der Waals surface area contributed by atoms with Crippen molar-refractivity contribution in [3.63, 3.8) is 0 Å². The van der Waals surface area contributed by atoms with Crippen molar-refractivity contribution in [2.24, 2.45) is 0 Å². The van der Waals surface area contributed by atoms with Crippen LogP contribution in [0.5, 0.6) is 5.75 Å². The number of carbonyl (C=O) groups is 1. The van der Waals surface area contributed by atoms with Crippen molar-refractivity contribution in [3.05, 3.63) is 70.6 Å². The number of carbonyl (C=O) groups excluding carboxylic acids is 1. The number of amides is 1. The molecule has 4 rings (SSSR count). The maximum Gasteiger partial charge on any atom is 0.258 e. The molecule has 0 atom stereocenters. The van der Waals surface area contributed by atoms with Gasteiger partial charge in [0.25, 0.3) is 5.56 Å². The molecule has 0 unspecified atom stereocenters. The Hall–Kier alpha value is -3.12. The summed E-state index contributed by atoms with van der Waals surface area (Å²) in [5.41, 5.74) is 0.631. The van der Waals surface area contributed by atoms with Crippen LogP contribution in [-0.4, -0.2) is 28.3 Å². The lowest BCUT2D eigenvalue weighted by atomic mass is 9.85. The van der Waals surface area contributed by atoms with Crippen LogP contribution in [0.3, 0.4) is 0 Å². The lowest BCUT2D eigenvalue weighted by molar-refractivity contribution is -0.116. The van der Waals surface area contributed by atoms with Gasteiger partial charge in [-0.2, -0.15) is 0 Å². The predicted octanol–water partition coefficient (Wildman–Crippen LogP) is 4.28. The first-order valence-corrected chi connectivity index (χ1v) is 11.3. The van der Waals surface area contributed by atoms with E-state index in [0.29, 0.717) is 35.8 Å². The average molecular weight is 435 g/mol.